The van der Waals surface area contributed by atoms with Crippen LogP contribution in [0.1, 0.15) is 55.1 Å². The molecule has 1 atom stereocenters. The van der Waals surface area contributed by atoms with Gasteiger partial charge in [0.1, 0.15) is 17.0 Å². The maximum atomic E-state index is 13.2. The molecular weight excluding hydrogens is 386 g/mol. The van der Waals surface area contributed by atoms with Gasteiger partial charge in [-0.1, -0.05) is 50.1 Å². The highest BCUT2D eigenvalue weighted by molar-refractivity contribution is 6.29. The summed E-state index contributed by atoms with van der Waals surface area (Å²) in [5.41, 5.74) is 1.74. The SMILES string of the molecule is CC(C)CCCC(=O)[C@@H]1c2ccccc2C(=O)N1c1ccc2ccc(Cl)nc2n1. The van der Waals surface area contributed by atoms with Gasteiger partial charge in [0.15, 0.2) is 11.4 Å². The molecule has 1 aromatic carbocycles. The van der Waals surface area contributed by atoms with Crippen LogP contribution >= 0.6 is 11.6 Å². The van der Waals surface area contributed by atoms with Gasteiger partial charge < -0.3 is 0 Å². The van der Waals surface area contributed by atoms with Gasteiger partial charge in [-0.25, -0.2) is 9.97 Å². The molecule has 5 nitrogen and oxygen atoms in total. The molecule has 0 bridgehead atoms. The summed E-state index contributed by atoms with van der Waals surface area (Å²) in [7, 11) is 0. The minimum absolute atomic E-state index is 0.0323. The number of benzene rings is 1. The minimum atomic E-state index is -0.657. The molecule has 0 unspecified atom stereocenters. The average molecular weight is 408 g/mol. The average Bonchev–Trinajstić information content (AvgIpc) is 3.00. The number of hydrogen-bond acceptors (Lipinski definition) is 4. The van der Waals surface area contributed by atoms with Gasteiger partial charge in [-0.15, -0.1) is 0 Å². The summed E-state index contributed by atoms with van der Waals surface area (Å²) in [6, 6.07) is 13.8. The molecule has 3 aromatic rings. The Hall–Kier alpha value is -2.79. The maximum Gasteiger partial charge on any atom is 0.260 e. The Balaban J connectivity index is 1.74. The van der Waals surface area contributed by atoms with Gasteiger partial charge in [0.05, 0.1) is 0 Å². The molecule has 1 aliphatic rings. The second-order valence-electron chi connectivity index (χ2n) is 7.77. The lowest BCUT2D eigenvalue weighted by Crippen LogP contribution is -2.33. The summed E-state index contributed by atoms with van der Waals surface area (Å²) in [6.07, 6.45) is 2.21. The molecule has 0 spiro atoms. The highest BCUT2D eigenvalue weighted by Gasteiger charge is 2.42. The monoisotopic (exact) mass is 407 g/mol. The smallest absolute Gasteiger partial charge is 0.260 e. The lowest BCUT2D eigenvalue weighted by Gasteiger charge is -2.24. The normalized spacial score (nSPS) is 15.9. The van der Waals surface area contributed by atoms with Crippen molar-refractivity contribution in [2.75, 3.05) is 4.90 Å². The van der Waals surface area contributed by atoms with E-state index in [1.54, 1.807) is 18.2 Å². The van der Waals surface area contributed by atoms with Crippen LogP contribution in [0.5, 0.6) is 0 Å². The number of aromatic nitrogens is 2. The summed E-state index contributed by atoms with van der Waals surface area (Å²) < 4.78 is 0. The predicted octanol–water partition coefficient (Wildman–Crippen LogP) is 5.38. The molecule has 29 heavy (non-hydrogen) atoms. The van der Waals surface area contributed by atoms with Crippen LogP contribution in [0.3, 0.4) is 0 Å². The number of fused-ring (bicyclic) bond motifs is 2. The van der Waals surface area contributed by atoms with Gasteiger partial charge in [0.2, 0.25) is 0 Å². The number of carbonyl (C=O) groups is 2. The van der Waals surface area contributed by atoms with E-state index in [2.05, 4.69) is 23.8 Å². The van der Waals surface area contributed by atoms with Crippen LogP contribution in [0.2, 0.25) is 5.15 Å². The minimum Gasteiger partial charge on any atom is -0.297 e. The molecule has 0 aliphatic carbocycles. The summed E-state index contributed by atoms with van der Waals surface area (Å²) in [5.74, 6) is 0.770. The molecular formula is C23H22ClN3O2. The van der Waals surface area contributed by atoms with Gasteiger partial charge in [-0.05, 0) is 48.2 Å². The summed E-state index contributed by atoms with van der Waals surface area (Å²) in [4.78, 5) is 36.7. The first-order valence-corrected chi connectivity index (χ1v) is 10.2. The number of Topliss-reactive ketones (excluding diaryl/α,β-unsaturated/α-hetero) is 1. The fraction of sp³-hybridized carbons (Fsp3) is 0.304. The van der Waals surface area contributed by atoms with Crippen LogP contribution < -0.4 is 4.90 Å². The van der Waals surface area contributed by atoms with Gasteiger partial charge in [-0.3, -0.25) is 14.5 Å². The molecule has 148 valence electrons. The molecule has 0 fully saturated rings. The van der Waals surface area contributed by atoms with Crippen LogP contribution in [-0.4, -0.2) is 21.7 Å². The number of rotatable bonds is 6. The molecule has 6 heteroatoms. The Kier molecular flexibility index (Phi) is 5.33. The van der Waals surface area contributed by atoms with Crippen molar-refractivity contribution in [2.24, 2.45) is 5.92 Å². The Morgan fingerprint density at radius 2 is 1.86 bits per heavy atom. The third kappa shape index (κ3) is 3.75. The van der Waals surface area contributed by atoms with E-state index in [0.29, 0.717) is 34.5 Å². The van der Waals surface area contributed by atoms with E-state index in [-0.39, 0.29) is 11.7 Å². The molecule has 1 amide bonds. The molecule has 3 heterocycles. The number of carbonyl (C=O) groups excluding carboxylic acids is 2. The molecule has 2 aromatic heterocycles. The van der Waals surface area contributed by atoms with Crippen molar-refractivity contribution in [1.29, 1.82) is 0 Å². The van der Waals surface area contributed by atoms with Crippen molar-refractivity contribution >= 4 is 40.1 Å². The zero-order valence-corrected chi connectivity index (χ0v) is 17.2. The van der Waals surface area contributed by atoms with Crippen molar-refractivity contribution in [3.05, 3.63) is 64.8 Å². The zero-order chi connectivity index (χ0) is 20.5. The molecule has 4 rings (SSSR count). The number of ketones is 1. The third-order valence-corrected chi connectivity index (χ3v) is 5.43. The van der Waals surface area contributed by atoms with Gasteiger partial charge in [-0.2, -0.15) is 0 Å². The molecule has 0 radical (unpaired) electrons. The van der Waals surface area contributed by atoms with Crippen molar-refractivity contribution in [2.45, 2.75) is 39.2 Å². The van der Waals surface area contributed by atoms with Crippen LogP contribution in [0.4, 0.5) is 5.82 Å². The molecule has 1 aliphatic heterocycles. The molecule has 0 saturated heterocycles. The van der Waals surface area contributed by atoms with Crippen LogP contribution in [0, 0.1) is 5.92 Å². The van der Waals surface area contributed by atoms with E-state index < -0.39 is 6.04 Å². The zero-order valence-electron chi connectivity index (χ0n) is 16.4. The van der Waals surface area contributed by atoms with E-state index in [9.17, 15) is 9.59 Å². The number of hydrogen-bond donors (Lipinski definition) is 0. The highest BCUT2D eigenvalue weighted by Crippen LogP contribution is 2.38. The van der Waals surface area contributed by atoms with E-state index >= 15 is 0 Å². The van der Waals surface area contributed by atoms with Gasteiger partial charge in [0.25, 0.3) is 5.91 Å². The first-order chi connectivity index (χ1) is 14.0. The van der Waals surface area contributed by atoms with E-state index in [4.69, 9.17) is 11.6 Å². The second-order valence-corrected chi connectivity index (χ2v) is 8.15. The highest BCUT2D eigenvalue weighted by atomic mass is 35.5. The second kappa shape index (κ2) is 7.91. The summed E-state index contributed by atoms with van der Waals surface area (Å²) >= 11 is 6.01. The van der Waals surface area contributed by atoms with Gasteiger partial charge >= 0.3 is 0 Å². The van der Waals surface area contributed by atoms with Crippen molar-refractivity contribution in [1.82, 2.24) is 9.97 Å². The van der Waals surface area contributed by atoms with Crippen LogP contribution in [0.25, 0.3) is 11.0 Å². The number of pyridine rings is 2. The van der Waals surface area contributed by atoms with E-state index in [1.165, 1.54) is 4.90 Å². The fourth-order valence-electron chi connectivity index (χ4n) is 3.79. The van der Waals surface area contributed by atoms with Crippen molar-refractivity contribution in [3.63, 3.8) is 0 Å². The first kappa shape index (κ1) is 19.5. The Morgan fingerprint density at radius 1 is 1.10 bits per heavy atom. The van der Waals surface area contributed by atoms with Crippen molar-refractivity contribution in [3.8, 4) is 0 Å². The van der Waals surface area contributed by atoms with Crippen LogP contribution in [0.15, 0.2) is 48.5 Å². The molecule has 0 N–H and O–H groups in total. The van der Waals surface area contributed by atoms with E-state index in [1.807, 2.05) is 30.3 Å². The van der Waals surface area contributed by atoms with Crippen LogP contribution in [-0.2, 0) is 4.79 Å². The predicted molar refractivity (Wildman–Crippen MR) is 114 cm³/mol. The number of amides is 1. The topological polar surface area (TPSA) is 63.2 Å². The van der Waals surface area contributed by atoms with Gasteiger partial charge in [0, 0.05) is 17.4 Å². The fourth-order valence-corrected chi connectivity index (χ4v) is 3.93. The summed E-state index contributed by atoms with van der Waals surface area (Å²) in [5, 5.41) is 1.15. The standard InChI is InChI=1S/C23H22ClN3O2/c1-14(2)6-5-9-18(28)21-16-7-3-4-8-17(16)23(29)27(21)20-13-11-15-10-12-19(24)25-22(15)26-20/h3-4,7-8,10-14,21H,5-6,9H2,1-2H3/t21-/m0/s1. The Bertz CT molecular complexity index is 1100. The van der Waals surface area contributed by atoms with Crippen molar-refractivity contribution < 1.29 is 9.59 Å². The Morgan fingerprint density at radius 3 is 2.66 bits per heavy atom. The first-order valence-electron chi connectivity index (χ1n) is 9.84. The summed E-state index contributed by atoms with van der Waals surface area (Å²) in [6.45, 7) is 4.28. The lowest BCUT2D eigenvalue weighted by molar-refractivity contribution is -0.120. The largest absolute Gasteiger partial charge is 0.297 e. The number of halogens is 1. The third-order valence-electron chi connectivity index (χ3n) is 5.22. The number of nitrogens with zero attached hydrogens (tertiary/aromatic N) is 3. The van der Waals surface area contributed by atoms with E-state index in [0.717, 1.165) is 23.8 Å². The Labute approximate surface area is 174 Å². The number of anilines is 1. The lowest BCUT2D eigenvalue weighted by atomic mass is 9.96. The molecule has 0 saturated carbocycles. The quantitative estimate of drug-likeness (QED) is 0.514. The maximum absolute atomic E-state index is 13.2.